The van der Waals surface area contributed by atoms with Gasteiger partial charge in [-0.15, -0.1) is 11.6 Å². The number of Topliss-reactive ketones (excluding diaryl/α,β-unsaturated/α-hetero) is 2. The molecule has 0 bridgehead atoms. The van der Waals surface area contributed by atoms with Gasteiger partial charge in [-0.05, 0) is 50.7 Å². The quantitative estimate of drug-likeness (QED) is 0.659. The predicted octanol–water partition coefficient (Wildman–Crippen LogP) is 3.95. The molecular formula is C26H33ClN2O3. The number of para-hydroxylation sites is 1. The molecule has 0 spiro atoms. The van der Waals surface area contributed by atoms with Gasteiger partial charge in [-0.1, -0.05) is 31.0 Å². The average Bonchev–Trinajstić information content (AvgIpc) is 2.81. The lowest BCUT2D eigenvalue weighted by Crippen LogP contribution is -2.71. The van der Waals surface area contributed by atoms with Crippen LogP contribution in [0.1, 0.15) is 51.4 Å². The van der Waals surface area contributed by atoms with Crippen LogP contribution >= 0.6 is 11.6 Å². The summed E-state index contributed by atoms with van der Waals surface area (Å²) in [6.45, 7) is 0. The van der Waals surface area contributed by atoms with Crippen LogP contribution in [0, 0.1) is 23.7 Å². The minimum atomic E-state index is -0.295. The van der Waals surface area contributed by atoms with Crippen molar-refractivity contribution in [2.24, 2.45) is 23.7 Å². The van der Waals surface area contributed by atoms with Gasteiger partial charge in [0.1, 0.15) is 11.6 Å². The van der Waals surface area contributed by atoms with Gasteiger partial charge in [-0.2, -0.15) is 0 Å². The summed E-state index contributed by atoms with van der Waals surface area (Å²) < 4.78 is 6.65. The smallest absolute Gasteiger partial charge is 0.142 e. The number of hydrogen-bond acceptors (Lipinski definition) is 5. The van der Waals surface area contributed by atoms with Gasteiger partial charge in [0.2, 0.25) is 0 Å². The zero-order valence-corrected chi connectivity index (χ0v) is 19.2. The van der Waals surface area contributed by atoms with Gasteiger partial charge >= 0.3 is 0 Å². The van der Waals surface area contributed by atoms with E-state index in [1.54, 1.807) is 0 Å². The highest BCUT2D eigenvalue weighted by molar-refractivity contribution is 6.20. The second-order valence-corrected chi connectivity index (χ2v) is 11.2. The van der Waals surface area contributed by atoms with E-state index in [2.05, 4.69) is 10.6 Å². The van der Waals surface area contributed by atoms with Gasteiger partial charge in [0, 0.05) is 52.9 Å². The molecule has 2 N–H and O–H groups in total. The third kappa shape index (κ3) is 3.52. The van der Waals surface area contributed by atoms with Crippen molar-refractivity contribution >= 4 is 28.9 Å². The van der Waals surface area contributed by atoms with Crippen molar-refractivity contribution < 1.29 is 14.3 Å². The SMILES string of the molecule is O=C1C2CCCCC2C(=O)C2C3NC4CCC(Cl)CC4OC3CC(Nc3ccccc3)C12. The number of fused-ring (bicyclic) bond motifs is 5. The van der Waals surface area contributed by atoms with Crippen LogP contribution in [-0.2, 0) is 14.3 Å². The molecule has 0 aromatic heterocycles. The topological polar surface area (TPSA) is 67.4 Å². The number of anilines is 1. The summed E-state index contributed by atoms with van der Waals surface area (Å²) in [6.07, 6.45) is 7.42. The molecule has 10 atom stereocenters. The maximum Gasteiger partial charge on any atom is 0.142 e. The first kappa shape index (κ1) is 21.1. The van der Waals surface area contributed by atoms with Crippen LogP contribution in [-0.4, -0.2) is 47.3 Å². The molecule has 5 aliphatic rings. The summed E-state index contributed by atoms with van der Waals surface area (Å²) in [5.41, 5.74) is 1.00. The fourth-order valence-corrected chi connectivity index (χ4v) is 7.73. The lowest BCUT2D eigenvalue weighted by Gasteiger charge is -2.56. The number of rotatable bonds is 2. The minimum absolute atomic E-state index is 0.0683. The van der Waals surface area contributed by atoms with Crippen molar-refractivity contribution in [3.05, 3.63) is 30.3 Å². The summed E-state index contributed by atoms with van der Waals surface area (Å²) in [5, 5.41) is 7.61. The molecule has 32 heavy (non-hydrogen) atoms. The highest BCUT2D eigenvalue weighted by Crippen LogP contribution is 2.49. The summed E-state index contributed by atoms with van der Waals surface area (Å²) >= 11 is 6.46. The maximum absolute atomic E-state index is 13.9. The van der Waals surface area contributed by atoms with Crippen molar-refractivity contribution in [2.45, 2.75) is 87.1 Å². The highest BCUT2D eigenvalue weighted by atomic mass is 35.5. The van der Waals surface area contributed by atoms with Gasteiger partial charge in [-0.3, -0.25) is 9.59 Å². The van der Waals surface area contributed by atoms with Crippen molar-refractivity contribution in [2.75, 3.05) is 5.32 Å². The Balaban J connectivity index is 1.35. The lowest BCUT2D eigenvalue weighted by molar-refractivity contribution is -0.170. The molecule has 10 unspecified atom stereocenters. The second-order valence-electron chi connectivity index (χ2n) is 10.6. The first-order chi connectivity index (χ1) is 15.6. The Kier molecular flexibility index (Phi) is 5.55. The number of morpholine rings is 1. The summed E-state index contributed by atoms with van der Waals surface area (Å²) in [7, 11) is 0. The van der Waals surface area contributed by atoms with Gasteiger partial charge < -0.3 is 15.4 Å². The van der Waals surface area contributed by atoms with Crippen molar-refractivity contribution in [1.29, 1.82) is 0 Å². The van der Waals surface area contributed by atoms with Crippen molar-refractivity contribution in [3.8, 4) is 0 Å². The monoisotopic (exact) mass is 456 g/mol. The van der Waals surface area contributed by atoms with Crippen LogP contribution in [0.4, 0.5) is 5.69 Å². The Hall–Kier alpha value is -1.43. The second kappa shape index (κ2) is 8.41. The fourth-order valence-electron chi connectivity index (χ4n) is 7.43. The van der Waals surface area contributed by atoms with Gasteiger partial charge in [-0.25, -0.2) is 0 Å². The molecule has 5 fully saturated rings. The molecule has 172 valence electrons. The number of nitrogens with one attached hydrogen (secondary N) is 2. The maximum atomic E-state index is 13.9. The van der Waals surface area contributed by atoms with Crippen LogP contribution in [0.15, 0.2) is 30.3 Å². The van der Waals surface area contributed by atoms with Crippen LogP contribution in [0.5, 0.6) is 0 Å². The normalized spacial score (nSPS) is 45.8. The number of hydrogen-bond donors (Lipinski definition) is 2. The molecule has 6 heteroatoms. The molecule has 0 radical (unpaired) electrons. The summed E-state index contributed by atoms with van der Waals surface area (Å²) in [5.74, 6) is -0.115. The molecule has 4 saturated carbocycles. The van der Waals surface area contributed by atoms with Gasteiger partial charge in [0.05, 0.1) is 12.2 Å². The van der Waals surface area contributed by atoms with Crippen LogP contribution in [0.25, 0.3) is 0 Å². The van der Waals surface area contributed by atoms with Crippen LogP contribution in [0.2, 0.25) is 0 Å². The highest BCUT2D eigenvalue weighted by Gasteiger charge is 2.60. The molecule has 4 aliphatic carbocycles. The Labute approximate surface area is 195 Å². The largest absolute Gasteiger partial charge is 0.381 e. The number of carbonyl (C=O) groups is 2. The number of benzene rings is 1. The molecule has 1 saturated heterocycles. The average molecular weight is 457 g/mol. The lowest BCUT2D eigenvalue weighted by atomic mass is 9.55. The molecule has 1 aliphatic heterocycles. The third-order valence-corrected chi connectivity index (χ3v) is 9.25. The first-order valence-electron chi connectivity index (χ1n) is 12.5. The predicted molar refractivity (Wildman–Crippen MR) is 124 cm³/mol. The molecule has 1 aromatic rings. The van der Waals surface area contributed by atoms with Crippen LogP contribution < -0.4 is 10.6 Å². The Morgan fingerprint density at radius 2 is 1.59 bits per heavy atom. The molecule has 0 amide bonds. The molecule has 5 nitrogen and oxygen atoms in total. The number of ether oxygens (including phenoxy) is 1. The van der Waals surface area contributed by atoms with Crippen molar-refractivity contribution in [1.82, 2.24) is 5.32 Å². The zero-order chi connectivity index (χ0) is 21.8. The molecule has 6 rings (SSSR count). The first-order valence-corrected chi connectivity index (χ1v) is 13.0. The number of alkyl halides is 1. The minimum Gasteiger partial charge on any atom is -0.381 e. The van der Waals surface area contributed by atoms with E-state index in [1.807, 2.05) is 30.3 Å². The number of halogens is 1. The summed E-state index contributed by atoms with van der Waals surface area (Å²) in [6, 6.07) is 10.1. The Bertz CT molecular complexity index is 879. The number of ketones is 2. The molecule has 1 heterocycles. The van der Waals surface area contributed by atoms with E-state index in [0.717, 1.165) is 57.1 Å². The van der Waals surface area contributed by atoms with Crippen LogP contribution in [0.3, 0.4) is 0 Å². The van der Waals surface area contributed by atoms with Gasteiger partial charge in [0.15, 0.2) is 0 Å². The fraction of sp³-hybridized carbons (Fsp3) is 0.692. The van der Waals surface area contributed by atoms with E-state index in [9.17, 15) is 9.59 Å². The number of carbonyl (C=O) groups excluding carboxylic acids is 2. The van der Waals surface area contributed by atoms with Gasteiger partial charge in [0.25, 0.3) is 0 Å². The van der Waals surface area contributed by atoms with E-state index in [0.29, 0.717) is 11.6 Å². The summed E-state index contributed by atoms with van der Waals surface area (Å²) in [4.78, 5) is 27.8. The van der Waals surface area contributed by atoms with E-state index in [1.165, 1.54) is 0 Å². The molecular weight excluding hydrogens is 424 g/mol. The van der Waals surface area contributed by atoms with E-state index >= 15 is 0 Å². The molecule has 1 aromatic carbocycles. The van der Waals surface area contributed by atoms with E-state index < -0.39 is 0 Å². The van der Waals surface area contributed by atoms with Crippen molar-refractivity contribution in [3.63, 3.8) is 0 Å². The Morgan fingerprint density at radius 1 is 0.875 bits per heavy atom. The zero-order valence-electron chi connectivity index (χ0n) is 18.4. The Morgan fingerprint density at radius 3 is 2.34 bits per heavy atom. The van der Waals surface area contributed by atoms with E-state index in [4.69, 9.17) is 16.3 Å². The van der Waals surface area contributed by atoms with E-state index in [-0.39, 0.29) is 59.4 Å². The standard InChI is InChI=1S/C26H33ClN2O3/c27-14-10-11-18-20(12-14)32-21-13-19(28-15-6-2-1-3-7-15)22-23(24(21)29-18)26(31)17-9-5-4-8-16(17)25(22)30/h1-3,6-7,14,16-24,28-29H,4-5,8-13H2. The third-order valence-electron chi connectivity index (χ3n) is 8.86.